The van der Waals surface area contributed by atoms with E-state index in [1.807, 2.05) is 0 Å². The first-order valence-electron chi connectivity index (χ1n) is 2.98. The third-order valence-electron chi connectivity index (χ3n) is 0.972. The highest BCUT2D eigenvalue weighted by molar-refractivity contribution is 9.09. The molecule has 0 fully saturated rings. The average molecular weight is 261 g/mol. The van der Waals surface area contributed by atoms with Gasteiger partial charge in [0.1, 0.15) is 0 Å². The zero-order valence-corrected chi connectivity index (χ0v) is 9.23. The molecule has 0 aromatic rings. The van der Waals surface area contributed by atoms with Gasteiger partial charge in [-0.05, 0) is 12.3 Å². The van der Waals surface area contributed by atoms with E-state index in [2.05, 4.69) is 29.8 Å². The maximum atomic E-state index is 5.63. The normalized spacial score (nSPS) is 13.0. The molecule has 58 valence electrons. The van der Waals surface area contributed by atoms with Gasteiger partial charge in [0.15, 0.2) is 0 Å². The molecule has 1 unspecified atom stereocenters. The van der Waals surface area contributed by atoms with Gasteiger partial charge in [0.2, 0.25) is 0 Å². The van der Waals surface area contributed by atoms with Gasteiger partial charge in [0, 0.05) is 11.4 Å². The molecule has 9 heavy (non-hydrogen) atoms. The lowest BCUT2D eigenvalue weighted by Gasteiger charge is -2.09. The largest absolute Gasteiger partial charge is 0.327 e. The fourth-order valence-electron chi connectivity index (χ4n) is 0.668. The summed E-state index contributed by atoms with van der Waals surface area (Å²) in [5.41, 5.74) is 5.63. The van der Waals surface area contributed by atoms with E-state index in [9.17, 15) is 0 Å². The van der Waals surface area contributed by atoms with Gasteiger partial charge in [-0.2, -0.15) is 0 Å². The lowest BCUT2D eigenvalue weighted by atomic mass is 10.1. The Hall–Kier alpha value is 0.920. The molecule has 0 heterocycles. The molecule has 0 aliphatic rings. The van der Waals surface area contributed by atoms with Crippen LogP contribution in [-0.4, -0.2) is 11.4 Å². The van der Waals surface area contributed by atoms with Gasteiger partial charge in [0.05, 0.1) is 0 Å². The molecule has 0 radical (unpaired) electrons. The first-order chi connectivity index (χ1) is 3.66. The predicted molar refractivity (Wildman–Crippen MR) is 51.5 cm³/mol. The monoisotopic (exact) mass is 259 g/mol. The third kappa shape index (κ3) is 8.92. The minimum absolute atomic E-state index is 0. The van der Waals surface area contributed by atoms with E-state index in [0.717, 1.165) is 17.7 Å². The summed E-state index contributed by atoms with van der Waals surface area (Å²) in [4.78, 5) is 0. The van der Waals surface area contributed by atoms with Gasteiger partial charge in [0.25, 0.3) is 0 Å². The van der Waals surface area contributed by atoms with Crippen LogP contribution in [0.15, 0.2) is 0 Å². The quantitative estimate of drug-likeness (QED) is 0.775. The summed E-state index contributed by atoms with van der Waals surface area (Å²) in [6.07, 6.45) is 1.12. The van der Waals surface area contributed by atoms with E-state index in [1.165, 1.54) is 0 Å². The van der Waals surface area contributed by atoms with Crippen LogP contribution in [-0.2, 0) is 0 Å². The summed E-state index contributed by atoms with van der Waals surface area (Å²) in [7, 11) is 0. The number of hydrogen-bond acceptors (Lipinski definition) is 1. The number of alkyl halides is 1. The van der Waals surface area contributed by atoms with Crippen molar-refractivity contribution in [3.63, 3.8) is 0 Å². The van der Waals surface area contributed by atoms with Gasteiger partial charge in [-0.15, -0.1) is 17.0 Å². The van der Waals surface area contributed by atoms with E-state index < -0.39 is 0 Å². The topological polar surface area (TPSA) is 26.0 Å². The van der Waals surface area contributed by atoms with E-state index in [0.29, 0.717) is 6.04 Å². The van der Waals surface area contributed by atoms with Crippen molar-refractivity contribution in [3.05, 3.63) is 0 Å². The fraction of sp³-hybridized carbons (Fsp3) is 1.00. The molecule has 3 heteroatoms. The second-order valence-electron chi connectivity index (χ2n) is 2.54. The van der Waals surface area contributed by atoms with Crippen molar-refractivity contribution < 1.29 is 0 Å². The predicted octanol–water partition coefficient (Wildman–Crippen LogP) is 2.33. The fourth-order valence-corrected chi connectivity index (χ4v) is 0.933. The van der Waals surface area contributed by atoms with Crippen LogP contribution in [0.1, 0.15) is 20.3 Å². The maximum Gasteiger partial charge on any atom is 0.0183 e. The van der Waals surface area contributed by atoms with Crippen LogP contribution >= 0.6 is 32.9 Å². The van der Waals surface area contributed by atoms with E-state index in [4.69, 9.17) is 5.73 Å². The van der Waals surface area contributed by atoms with Crippen molar-refractivity contribution in [2.75, 3.05) is 5.33 Å². The highest BCUT2D eigenvalue weighted by Gasteiger charge is 2.01. The second kappa shape index (κ2) is 7.03. The molecule has 0 rings (SSSR count). The zero-order chi connectivity index (χ0) is 6.57. The molecule has 0 aromatic carbocycles. The minimum Gasteiger partial charge on any atom is -0.327 e. The van der Waals surface area contributed by atoms with Crippen LogP contribution in [0.2, 0.25) is 0 Å². The molecule has 1 nitrogen and oxygen atoms in total. The van der Waals surface area contributed by atoms with Gasteiger partial charge in [-0.25, -0.2) is 0 Å². The Balaban J connectivity index is 0. The summed E-state index contributed by atoms with van der Waals surface area (Å²) in [6.45, 7) is 4.37. The SMILES string of the molecule is Br.CC(C)CC(N)CBr. The number of rotatable bonds is 3. The molecule has 0 aliphatic carbocycles. The minimum atomic E-state index is 0. The van der Waals surface area contributed by atoms with Gasteiger partial charge in [-0.1, -0.05) is 29.8 Å². The van der Waals surface area contributed by atoms with E-state index >= 15 is 0 Å². The smallest absolute Gasteiger partial charge is 0.0183 e. The molecule has 0 aromatic heterocycles. The van der Waals surface area contributed by atoms with E-state index in [-0.39, 0.29) is 17.0 Å². The third-order valence-corrected chi connectivity index (χ3v) is 1.80. The number of nitrogens with two attached hydrogens (primary N) is 1. The summed E-state index contributed by atoms with van der Waals surface area (Å²) in [6, 6.07) is 0.343. The van der Waals surface area contributed by atoms with Crippen molar-refractivity contribution in [2.24, 2.45) is 11.7 Å². The van der Waals surface area contributed by atoms with E-state index in [1.54, 1.807) is 0 Å². The van der Waals surface area contributed by atoms with Gasteiger partial charge >= 0.3 is 0 Å². The summed E-state index contributed by atoms with van der Waals surface area (Å²) in [5.74, 6) is 0.725. The molecule has 0 bridgehead atoms. The number of hydrogen-bond donors (Lipinski definition) is 1. The van der Waals surface area contributed by atoms with Crippen molar-refractivity contribution in [2.45, 2.75) is 26.3 Å². The summed E-state index contributed by atoms with van der Waals surface area (Å²) < 4.78 is 0. The Bertz CT molecular complexity index is 57.0. The van der Waals surface area contributed by atoms with Gasteiger partial charge < -0.3 is 5.73 Å². The second-order valence-corrected chi connectivity index (χ2v) is 3.19. The Kier molecular flexibility index (Phi) is 9.83. The van der Waals surface area contributed by atoms with Crippen LogP contribution in [0.5, 0.6) is 0 Å². The molecule has 0 saturated carbocycles. The van der Waals surface area contributed by atoms with Crippen molar-refractivity contribution in [1.82, 2.24) is 0 Å². The molecule has 0 saturated heterocycles. The van der Waals surface area contributed by atoms with Crippen LogP contribution < -0.4 is 5.73 Å². The Morgan fingerprint density at radius 3 is 2.00 bits per heavy atom. The first kappa shape index (κ1) is 12.6. The lowest BCUT2D eigenvalue weighted by Crippen LogP contribution is -2.23. The molecular formula is C6H15Br2N. The molecule has 0 aliphatic heterocycles. The Morgan fingerprint density at radius 1 is 1.44 bits per heavy atom. The van der Waals surface area contributed by atoms with Gasteiger partial charge in [-0.3, -0.25) is 0 Å². The first-order valence-corrected chi connectivity index (χ1v) is 4.10. The average Bonchev–Trinajstić information content (AvgIpc) is 1.65. The Labute approximate surface area is 76.3 Å². The van der Waals surface area contributed by atoms with Crippen LogP contribution in [0.25, 0.3) is 0 Å². The Morgan fingerprint density at radius 2 is 1.89 bits per heavy atom. The standard InChI is InChI=1S/C6H14BrN.BrH/c1-5(2)3-6(8)4-7;/h5-6H,3-4,8H2,1-2H3;1H. The molecular weight excluding hydrogens is 246 g/mol. The van der Waals surface area contributed by atoms with Crippen molar-refractivity contribution >= 4 is 32.9 Å². The van der Waals surface area contributed by atoms with Crippen molar-refractivity contribution in [3.8, 4) is 0 Å². The molecule has 1 atom stereocenters. The molecule has 0 spiro atoms. The maximum absolute atomic E-state index is 5.63. The van der Waals surface area contributed by atoms with Crippen LogP contribution in [0, 0.1) is 5.92 Å². The van der Waals surface area contributed by atoms with Crippen molar-refractivity contribution in [1.29, 1.82) is 0 Å². The number of halogens is 2. The summed E-state index contributed by atoms with van der Waals surface area (Å²) in [5, 5.41) is 0.922. The zero-order valence-electron chi connectivity index (χ0n) is 5.93. The van der Waals surface area contributed by atoms with Crippen LogP contribution in [0.4, 0.5) is 0 Å². The molecule has 0 amide bonds. The highest BCUT2D eigenvalue weighted by atomic mass is 79.9. The van der Waals surface area contributed by atoms with Crippen LogP contribution in [0.3, 0.4) is 0 Å². The highest BCUT2D eigenvalue weighted by Crippen LogP contribution is 2.03. The summed E-state index contributed by atoms with van der Waals surface area (Å²) >= 11 is 3.32. The molecule has 2 N–H and O–H groups in total. The lowest BCUT2D eigenvalue weighted by molar-refractivity contribution is 0.526.